The fourth-order valence-corrected chi connectivity index (χ4v) is 3.70. The second-order valence-corrected chi connectivity index (χ2v) is 8.55. The number of carbonyl (C=O) groups is 1. The summed E-state index contributed by atoms with van der Waals surface area (Å²) in [6.45, 7) is 5.78. The molecule has 5 nitrogen and oxygen atoms in total. The van der Waals surface area contributed by atoms with Crippen LogP contribution in [0.2, 0.25) is 10.0 Å². The minimum absolute atomic E-state index is 0.284. The van der Waals surface area contributed by atoms with Gasteiger partial charge in [-0.2, -0.15) is 0 Å². The van der Waals surface area contributed by atoms with Crippen molar-refractivity contribution in [1.82, 2.24) is 4.98 Å². The third-order valence-corrected chi connectivity index (χ3v) is 5.72. The fraction of sp³-hybridized carbons (Fsp3) is 0.200. The number of aryl methyl sites for hydroxylation is 2. The highest BCUT2D eigenvalue weighted by Gasteiger charge is 2.17. The molecule has 0 aliphatic carbocycles. The Kier molecular flexibility index (Phi) is 6.40. The first-order valence-electron chi connectivity index (χ1n) is 10.2. The van der Waals surface area contributed by atoms with Gasteiger partial charge in [0.1, 0.15) is 11.3 Å². The van der Waals surface area contributed by atoms with Gasteiger partial charge in [-0.1, -0.05) is 35.3 Å². The van der Waals surface area contributed by atoms with Gasteiger partial charge in [-0.3, -0.25) is 4.79 Å². The minimum atomic E-state index is -0.736. The number of hydrogen-bond donors (Lipinski definition) is 1. The van der Waals surface area contributed by atoms with Crippen LogP contribution in [0.15, 0.2) is 59.0 Å². The monoisotopic (exact) mass is 468 g/mol. The zero-order valence-electron chi connectivity index (χ0n) is 17.9. The van der Waals surface area contributed by atoms with Crippen LogP contribution in [-0.4, -0.2) is 17.0 Å². The van der Waals surface area contributed by atoms with E-state index in [1.165, 1.54) is 11.1 Å². The van der Waals surface area contributed by atoms with Gasteiger partial charge in [-0.05, 0) is 79.9 Å². The molecule has 32 heavy (non-hydrogen) atoms. The number of anilines is 1. The minimum Gasteiger partial charge on any atom is -0.479 e. The standard InChI is InChI=1S/C25H22Cl2N2O3/c1-14-10-21-23(11-15(14)2)32-24(29-21)12-17-4-7-19(8-5-17)28-25(30)16(3)31-22-9-6-18(26)13-20(22)27/h4-11,13,16H,12H2,1-3H3,(H,28,30). The molecule has 0 saturated heterocycles. The number of hydrogen-bond acceptors (Lipinski definition) is 4. The fourth-order valence-electron chi connectivity index (χ4n) is 3.24. The molecule has 4 aromatic rings. The van der Waals surface area contributed by atoms with Crippen LogP contribution in [0.4, 0.5) is 5.69 Å². The predicted octanol–water partition coefficient (Wildman–Crippen LogP) is 6.75. The zero-order valence-corrected chi connectivity index (χ0v) is 19.4. The van der Waals surface area contributed by atoms with Crippen LogP contribution in [0.25, 0.3) is 11.1 Å². The summed E-state index contributed by atoms with van der Waals surface area (Å²) in [6.07, 6.45) is -0.171. The van der Waals surface area contributed by atoms with Gasteiger partial charge in [0.05, 0.1) is 5.02 Å². The van der Waals surface area contributed by atoms with Crippen LogP contribution in [0.5, 0.6) is 5.75 Å². The molecule has 7 heteroatoms. The van der Waals surface area contributed by atoms with Crippen molar-refractivity contribution in [2.24, 2.45) is 0 Å². The number of oxazole rings is 1. The first-order chi connectivity index (χ1) is 15.3. The molecule has 1 heterocycles. The number of aromatic nitrogens is 1. The second kappa shape index (κ2) is 9.23. The van der Waals surface area contributed by atoms with Gasteiger partial charge in [0, 0.05) is 17.1 Å². The molecule has 1 N–H and O–H groups in total. The van der Waals surface area contributed by atoms with Crippen molar-refractivity contribution in [3.05, 3.63) is 87.2 Å². The lowest BCUT2D eigenvalue weighted by atomic mass is 10.1. The summed E-state index contributed by atoms with van der Waals surface area (Å²) in [5.74, 6) is 0.773. The van der Waals surface area contributed by atoms with E-state index in [2.05, 4.69) is 24.1 Å². The Balaban J connectivity index is 1.38. The molecule has 4 rings (SSSR count). The summed E-state index contributed by atoms with van der Waals surface area (Å²) < 4.78 is 11.6. The molecular weight excluding hydrogens is 447 g/mol. The van der Waals surface area contributed by atoms with E-state index in [-0.39, 0.29) is 5.91 Å². The van der Waals surface area contributed by atoms with Crippen molar-refractivity contribution in [3.63, 3.8) is 0 Å². The smallest absolute Gasteiger partial charge is 0.265 e. The Bertz CT molecular complexity index is 1240. The summed E-state index contributed by atoms with van der Waals surface area (Å²) in [5.41, 5.74) is 5.72. The Morgan fingerprint density at radius 3 is 2.50 bits per heavy atom. The lowest BCUT2D eigenvalue weighted by Gasteiger charge is -2.16. The second-order valence-electron chi connectivity index (χ2n) is 7.71. The zero-order chi connectivity index (χ0) is 22.8. The molecule has 0 saturated carbocycles. The Morgan fingerprint density at radius 1 is 1.06 bits per heavy atom. The topological polar surface area (TPSA) is 64.4 Å². The number of nitrogens with one attached hydrogen (secondary N) is 1. The molecule has 0 aliphatic rings. The highest BCUT2D eigenvalue weighted by atomic mass is 35.5. The van der Waals surface area contributed by atoms with E-state index < -0.39 is 6.10 Å². The van der Waals surface area contributed by atoms with Crippen molar-refractivity contribution in [2.75, 3.05) is 5.32 Å². The maximum absolute atomic E-state index is 12.5. The Hall–Kier alpha value is -3.02. The Labute approximate surface area is 196 Å². The maximum Gasteiger partial charge on any atom is 0.265 e. The lowest BCUT2D eigenvalue weighted by Crippen LogP contribution is -2.30. The lowest BCUT2D eigenvalue weighted by molar-refractivity contribution is -0.122. The molecule has 3 aromatic carbocycles. The van der Waals surface area contributed by atoms with E-state index in [1.54, 1.807) is 25.1 Å². The van der Waals surface area contributed by atoms with Crippen molar-refractivity contribution >= 4 is 45.9 Å². The van der Waals surface area contributed by atoms with Gasteiger partial charge in [0.25, 0.3) is 5.91 Å². The van der Waals surface area contributed by atoms with Crippen LogP contribution >= 0.6 is 23.2 Å². The number of amides is 1. The number of carbonyl (C=O) groups excluding carboxylic acids is 1. The molecule has 1 unspecified atom stereocenters. The first-order valence-corrected chi connectivity index (χ1v) is 10.9. The molecule has 164 valence electrons. The van der Waals surface area contributed by atoms with Crippen molar-refractivity contribution in [2.45, 2.75) is 33.3 Å². The van der Waals surface area contributed by atoms with E-state index >= 15 is 0 Å². The molecule has 0 bridgehead atoms. The van der Waals surface area contributed by atoms with Crippen LogP contribution in [-0.2, 0) is 11.2 Å². The molecule has 1 aromatic heterocycles. The van der Waals surface area contributed by atoms with Crippen molar-refractivity contribution in [3.8, 4) is 5.75 Å². The van der Waals surface area contributed by atoms with E-state index in [1.807, 2.05) is 36.4 Å². The number of benzene rings is 3. The molecule has 0 spiro atoms. The quantitative estimate of drug-likeness (QED) is 0.339. The normalized spacial score (nSPS) is 12.0. The highest BCUT2D eigenvalue weighted by molar-refractivity contribution is 6.35. The number of ether oxygens (including phenoxy) is 1. The van der Waals surface area contributed by atoms with E-state index in [0.29, 0.717) is 33.8 Å². The number of fused-ring (bicyclic) bond motifs is 1. The summed E-state index contributed by atoms with van der Waals surface area (Å²) in [4.78, 5) is 17.1. The first kappa shape index (κ1) is 22.2. The van der Waals surface area contributed by atoms with Crippen molar-refractivity contribution < 1.29 is 13.9 Å². The maximum atomic E-state index is 12.5. The highest BCUT2D eigenvalue weighted by Crippen LogP contribution is 2.28. The van der Waals surface area contributed by atoms with E-state index in [0.717, 1.165) is 16.7 Å². The van der Waals surface area contributed by atoms with Gasteiger partial charge in [-0.15, -0.1) is 0 Å². The third-order valence-electron chi connectivity index (χ3n) is 5.19. The van der Waals surface area contributed by atoms with Crippen molar-refractivity contribution in [1.29, 1.82) is 0 Å². The summed E-state index contributed by atoms with van der Waals surface area (Å²) in [7, 11) is 0. The largest absolute Gasteiger partial charge is 0.479 e. The molecule has 0 fully saturated rings. The van der Waals surface area contributed by atoms with Crippen LogP contribution in [0.1, 0.15) is 29.5 Å². The number of rotatable bonds is 6. The van der Waals surface area contributed by atoms with E-state index in [4.69, 9.17) is 32.4 Å². The van der Waals surface area contributed by atoms with Gasteiger partial charge in [0.2, 0.25) is 0 Å². The summed E-state index contributed by atoms with van der Waals surface area (Å²) >= 11 is 12.0. The van der Waals surface area contributed by atoms with Crippen LogP contribution in [0.3, 0.4) is 0 Å². The molecule has 0 aliphatic heterocycles. The summed E-state index contributed by atoms with van der Waals surface area (Å²) in [6, 6.07) is 16.5. The van der Waals surface area contributed by atoms with Gasteiger partial charge in [-0.25, -0.2) is 4.98 Å². The molecule has 1 atom stereocenters. The summed E-state index contributed by atoms with van der Waals surface area (Å²) in [5, 5.41) is 3.70. The predicted molar refractivity (Wildman–Crippen MR) is 128 cm³/mol. The Morgan fingerprint density at radius 2 is 1.78 bits per heavy atom. The van der Waals surface area contributed by atoms with E-state index in [9.17, 15) is 4.79 Å². The van der Waals surface area contributed by atoms with Crippen LogP contribution < -0.4 is 10.1 Å². The van der Waals surface area contributed by atoms with Gasteiger partial charge >= 0.3 is 0 Å². The number of nitrogens with zero attached hydrogens (tertiary/aromatic N) is 1. The average Bonchev–Trinajstić information content (AvgIpc) is 3.12. The SMILES string of the molecule is Cc1cc2nc(Cc3ccc(NC(=O)C(C)Oc4ccc(Cl)cc4Cl)cc3)oc2cc1C. The molecule has 1 amide bonds. The van der Waals surface area contributed by atoms with Gasteiger partial charge in [0.15, 0.2) is 17.6 Å². The van der Waals surface area contributed by atoms with Crippen LogP contribution in [0, 0.1) is 13.8 Å². The van der Waals surface area contributed by atoms with Gasteiger partial charge < -0.3 is 14.5 Å². The average molecular weight is 469 g/mol. The molecular formula is C25H22Cl2N2O3. The number of halogens is 2. The third kappa shape index (κ3) is 5.06. The molecule has 0 radical (unpaired) electrons.